The van der Waals surface area contributed by atoms with Crippen LogP contribution in [-0.4, -0.2) is 18.3 Å². The zero-order valence-electron chi connectivity index (χ0n) is 11.3. The van der Waals surface area contributed by atoms with Gasteiger partial charge in [0.05, 0.1) is 7.11 Å². The molecule has 0 amide bonds. The fourth-order valence-electron chi connectivity index (χ4n) is 2.07. The van der Waals surface area contributed by atoms with E-state index in [0.29, 0.717) is 6.04 Å². The summed E-state index contributed by atoms with van der Waals surface area (Å²) in [6.07, 6.45) is 2.56. The van der Waals surface area contributed by atoms with Crippen molar-refractivity contribution < 1.29 is 9.26 Å². The zero-order valence-corrected chi connectivity index (χ0v) is 11.3. The Morgan fingerprint density at radius 2 is 2.05 bits per heavy atom. The molecular formula is C15H18N2O2. The largest absolute Gasteiger partial charge is 0.497 e. The summed E-state index contributed by atoms with van der Waals surface area (Å²) in [4.78, 5) is 0. The molecule has 0 radical (unpaired) electrons. The number of benzene rings is 1. The highest BCUT2D eigenvalue weighted by molar-refractivity contribution is 5.62. The maximum absolute atomic E-state index is 5.48. The summed E-state index contributed by atoms with van der Waals surface area (Å²) in [6.45, 7) is 2.84. The summed E-state index contributed by atoms with van der Waals surface area (Å²) in [5.41, 5.74) is 3.14. The molecule has 0 aliphatic heterocycles. The quantitative estimate of drug-likeness (QED) is 0.895. The Labute approximate surface area is 112 Å². The minimum absolute atomic E-state index is 0.681. The van der Waals surface area contributed by atoms with Crippen molar-refractivity contribution in [3.63, 3.8) is 0 Å². The van der Waals surface area contributed by atoms with Crippen LogP contribution in [0.15, 0.2) is 28.8 Å². The van der Waals surface area contributed by atoms with Gasteiger partial charge in [0.1, 0.15) is 11.4 Å². The normalized spacial score (nSPS) is 14.6. The van der Waals surface area contributed by atoms with Crippen LogP contribution in [0, 0.1) is 6.92 Å². The number of hydrogen-bond acceptors (Lipinski definition) is 4. The van der Waals surface area contributed by atoms with Crippen LogP contribution in [0.1, 0.15) is 24.1 Å². The standard InChI is InChI=1S/C15H18N2O2/c1-10-14(9-16-12-5-6-12)17-19-15(10)11-3-7-13(18-2)8-4-11/h3-4,7-8,12,16H,5-6,9H2,1-2H3. The molecule has 0 saturated heterocycles. The molecule has 4 heteroatoms. The van der Waals surface area contributed by atoms with Crippen molar-refractivity contribution in [1.29, 1.82) is 0 Å². The van der Waals surface area contributed by atoms with Gasteiger partial charge in [0.2, 0.25) is 0 Å². The number of hydrogen-bond donors (Lipinski definition) is 1. The van der Waals surface area contributed by atoms with Crippen molar-refractivity contribution in [3.05, 3.63) is 35.5 Å². The molecular weight excluding hydrogens is 240 g/mol. The molecule has 0 bridgehead atoms. The first-order valence-corrected chi connectivity index (χ1v) is 6.61. The third-order valence-corrected chi connectivity index (χ3v) is 3.51. The maximum atomic E-state index is 5.48. The first kappa shape index (κ1) is 12.2. The molecule has 4 nitrogen and oxygen atoms in total. The Hall–Kier alpha value is -1.81. The van der Waals surface area contributed by atoms with Gasteiger partial charge in [-0.3, -0.25) is 0 Å². The molecule has 1 saturated carbocycles. The van der Waals surface area contributed by atoms with Crippen LogP contribution in [0.3, 0.4) is 0 Å². The molecule has 1 aliphatic rings. The number of nitrogens with one attached hydrogen (secondary N) is 1. The smallest absolute Gasteiger partial charge is 0.170 e. The molecule has 19 heavy (non-hydrogen) atoms. The van der Waals surface area contributed by atoms with Crippen LogP contribution in [0.2, 0.25) is 0 Å². The van der Waals surface area contributed by atoms with E-state index in [1.165, 1.54) is 12.8 Å². The van der Waals surface area contributed by atoms with Gasteiger partial charge in [0, 0.05) is 23.7 Å². The number of rotatable bonds is 5. The van der Waals surface area contributed by atoms with Gasteiger partial charge < -0.3 is 14.6 Å². The lowest BCUT2D eigenvalue weighted by Crippen LogP contribution is -2.16. The van der Waals surface area contributed by atoms with Gasteiger partial charge in [-0.05, 0) is 44.0 Å². The Morgan fingerprint density at radius 1 is 1.32 bits per heavy atom. The van der Waals surface area contributed by atoms with Crippen molar-refractivity contribution in [3.8, 4) is 17.1 Å². The van der Waals surface area contributed by atoms with E-state index in [4.69, 9.17) is 9.26 Å². The monoisotopic (exact) mass is 258 g/mol. The van der Waals surface area contributed by atoms with Gasteiger partial charge in [-0.1, -0.05) is 5.16 Å². The highest BCUT2D eigenvalue weighted by Crippen LogP contribution is 2.28. The number of methoxy groups -OCH3 is 1. The van der Waals surface area contributed by atoms with Gasteiger partial charge in [-0.25, -0.2) is 0 Å². The number of aromatic nitrogens is 1. The number of nitrogens with zero attached hydrogens (tertiary/aromatic N) is 1. The minimum atomic E-state index is 0.681. The molecule has 100 valence electrons. The van der Waals surface area contributed by atoms with Crippen molar-refractivity contribution >= 4 is 0 Å². The van der Waals surface area contributed by atoms with Gasteiger partial charge in [-0.2, -0.15) is 0 Å². The Kier molecular flexibility index (Phi) is 3.25. The Balaban J connectivity index is 1.79. The molecule has 1 N–H and O–H groups in total. The predicted octanol–water partition coefficient (Wildman–Crippen LogP) is 2.91. The molecule has 2 aromatic rings. The fraction of sp³-hybridized carbons (Fsp3) is 0.400. The summed E-state index contributed by atoms with van der Waals surface area (Å²) < 4.78 is 10.6. The second kappa shape index (κ2) is 5.05. The van der Waals surface area contributed by atoms with E-state index >= 15 is 0 Å². The lowest BCUT2D eigenvalue weighted by Gasteiger charge is -2.02. The molecule has 0 spiro atoms. The van der Waals surface area contributed by atoms with Crippen molar-refractivity contribution in [1.82, 2.24) is 10.5 Å². The molecule has 1 fully saturated rings. The molecule has 1 aromatic carbocycles. The summed E-state index contributed by atoms with van der Waals surface area (Å²) in [5.74, 6) is 1.69. The molecule has 1 aliphatic carbocycles. The summed E-state index contributed by atoms with van der Waals surface area (Å²) >= 11 is 0. The highest BCUT2D eigenvalue weighted by atomic mass is 16.5. The van der Waals surface area contributed by atoms with E-state index in [-0.39, 0.29) is 0 Å². The van der Waals surface area contributed by atoms with Gasteiger partial charge in [0.15, 0.2) is 5.76 Å². The molecule has 3 rings (SSSR count). The van der Waals surface area contributed by atoms with E-state index in [0.717, 1.165) is 34.9 Å². The average molecular weight is 258 g/mol. The Morgan fingerprint density at radius 3 is 2.68 bits per heavy atom. The van der Waals surface area contributed by atoms with E-state index < -0.39 is 0 Å². The SMILES string of the molecule is COc1ccc(-c2onc(CNC3CC3)c2C)cc1. The van der Waals surface area contributed by atoms with Gasteiger partial charge >= 0.3 is 0 Å². The topological polar surface area (TPSA) is 47.3 Å². The van der Waals surface area contributed by atoms with Gasteiger partial charge in [-0.15, -0.1) is 0 Å². The zero-order chi connectivity index (χ0) is 13.2. The third kappa shape index (κ3) is 2.63. The number of ether oxygens (including phenoxy) is 1. The maximum Gasteiger partial charge on any atom is 0.170 e. The predicted molar refractivity (Wildman–Crippen MR) is 73.1 cm³/mol. The van der Waals surface area contributed by atoms with Crippen molar-refractivity contribution in [2.24, 2.45) is 0 Å². The summed E-state index contributed by atoms with van der Waals surface area (Å²) in [6, 6.07) is 8.52. The lowest BCUT2D eigenvalue weighted by atomic mass is 10.1. The molecule has 0 atom stereocenters. The average Bonchev–Trinajstić information content (AvgIpc) is 3.20. The lowest BCUT2D eigenvalue weighted by molar-refractivity contribution is 0.413. The highest BCUT2D eigenvalue weighted by Gasteiger charge is 2.22. The summed E-state index contributed by atoms with van der Waals surface area (Å²) in [7, 11) is 1.66. The van der Waals surface area contributed by atoms with E-state index in [9.17, 15) is 0 Å². The summed E-state index contributed by atoms with van der Waals surface area (Å²) in [5, 5.41) is 7.62. The van der Waals surface area contributed by atoms with Gasteiger partial charge in [0.25, 0.3) is 0 Å². The van der Waals surface area contributed by atoms with Crippen LogP contribution in [-0.2, 0) is 6.54 Å². The molecule has 1 heterocycles. The molecule has 1 aromatic heterocycles. The van der Waals surface area contributed by atoms with E-state index in [1.807, 2.05) is 24.3 Å². The van der Waals surface area contributed by atoms with E-state index in [2.05, 4.69) is 17.4 Å². The minimum Gasteiger partial charge on any atom is -0.497 e. The fourth-order valence-corrected chi connectivity index (χ4v) is 2.07. The first-order valence-electron chi connectivity index (χ1n) is 6.61. The van der Waals surface area contributed by atoms with Crippen molar-refractivity contribution in [2.75, 3.05) is 7.11 Å². The van der Waals surface area contributed by atoms with E-state index in [1.54, 1.807) is 7.11 Å². The third-order valence-electron chi connectivity index (χ3n) is 3.51. The van der Waals surface area contributed by atoms with Crippen LogP contribution in [0.5, 0.6) is 5.75 Å². The Bertz CT molecular complexity index is 556. The van der Waals surface area contributed by atoms with Crippen LogP contribution < -0.4 is 10.1 Å². The van der Waals surface area contributed by atoms with Crippen LogP contribution in [0.25, 0.3) is 11.3 Å². The van der Waals surface area contributed by atoms with Crippen LogP contribution >= 0.6 is 0 Å². The second-order valence-electron chi connectivity index (χ2n) is 4.97. The second-order valence-corrected chi connectivity index (χ2v) is 4.97. The van der Waals surface area contributed by atoms with Crippen LogP contribution in [0.4, 0.5) is 0 Å². The van der Waals surface area contributed by atoms with Crippen molar-refractivity contribution in [2.45, 2.75) is 32.4 Å². The first-order chi connectivity index (χ1) is 9.28. The molecule has 0 unspecified atom stereocenters.